The molecule has 41 heavy (non-hydrogen) atoms. The van der Waals surface area contributed by atoms with Crippen LogP contribution in [0.4, 0.5) is 22.0 Å². The van der Waals surface area contributed by atoms with Gasteiger partial charge >= 0.3 is 12.1 Å². The maximum absolute atomic E-state index is 15.2. The first-order valence-electron chi connectivity index (χ1n) is 14.3. The molecule has 2 aromatic carbocycles. The number of carbonyl (C=O) groups is 1. The molecule has 4 aliphatic carbocycles. The minimum Gasteiger partial charge on any atom is -0.383 e. The monoisotopic (exact) mass is 569 g/mol. The number of aliphatic hydroxyl groups is 1. The van der Waals surface area contributed by atoms with Crippen molar-refractivity contribution in [3.8, 4) is 17.2 Å². The standard InChI is InChI=1S/C33H32F5NO2/c1-30-17-27(22-8-6-21(7-9-22)20-4-2-19(18-39)3-5-20)29-25-13-11-24(40)16-23(25)10-12-26(29)28(30)14-15-31(30,41)32(34,35)33(36,37)38/h2-9,16,25-29,41H,10-15,17H2,1H3/t25?,26?,27-,28?,29?,30+,31+/m1/s1. The van der Waals surface area contributed by atoms with Crippen LogP contribution in [0, 0.1) is 40.4 Å². The van der Waals surface area contributed by atoms with Crippen molar-refractivity contribution in [2.45, 2.75) is 75.5 Å². The molecule has 3 fully saturated rings. The van der Waals surface area contributed by atoms with Gasteiger partial charge in [-0.15, -0.1) is 0 Å². The van der Waals surface area contributed by atoms with Gasteiger partial charge in [-0.05, 0) is 103 Å². The lowest BCUT2D eigenvalue weighted by Gasteiger charge is -2.59. The molecule has 216 valence electrons. The van der Waals surface area contributed by atoms with E-state index in [2.05, 4.69) is 6.07 Å². The molecule has 6 rings (SSSR count). The molecular weight excluding hydrogens is 537 g/mol. The number of hydrogen-bond acceptors (Lipinski definition) is 3. The molecule has 4 unspecified atom stereocenters. The zero-order valence-corrected chi connectivity index (χ0v) is 22.7. The molecule has 7 atom stereocenters. The molecule has 0 aliphatic heterocycles. The normalized spacial score (nSPS) is 35.1. The summed E-state index contributed by atoms with van der Waals surface area (Å²) in [5, 5.41) is 20.5. The van der Waals surface area contributed by atoms with Crippen molar-refractivity contribution in [1.29, 1.82) is 5.26 Å². The van der Waals surface area contributed by atoms with Gasteiger partial charge in [0.15, 0.2) is 5.78 Å². The molecule has 3 saturated carbocycles. The smallest absolute Gasteiger partial charge is 0.383 e. The Kier molecular flexibility index (Phi) is 6.50. The molecular formula is C33H32F5NO2. The third kappa shape index (κ3) is 4.10. The van der Waals surface area contributed by atoms with E-state index >= 15 is 8.78 Å². The molecule has 0 saturated heterocycles. The number of halogens is 5. The highest BCUT2D eigenvalue weighted by Gasteiger charge is 2.79. The third-order valence-electron chi connectivity index (χ3n) is 11.0. The van der Waals surface area contributed by atoms with Crippen LogP contribution in [0.3, 0.4) is 0 Å². The van der Waals surface area contributed by atoms with Crippen molar-refractivity contribution in [3.63, 3.8) is 0 Å². The average Bonchev–Trinajstić information content (AvgIpc) is 3.23. The van der Waals surface area contributed by atoms with Gasteiger partial charge in [0.1, 0.15) is 5.60 Å². The number of rotatable bonds is 3. The summed E-state index contributed by atoms with van der Waals surface area (Å²) in [5.74, 6) is -6.06. The lowest BCUT2D eigenvalue weighted by atomic mass is 9.46. The number of fused-ring (bicyclic) bond motifs is 5. The molecule has 2 aromatic rings. The van der Waals surface area contributed by atoms with Crippen molar-refractivity contribution in [2.24, 2.45) is 29.1 Å². The van der Waals surface area contributed by atoms with Crippen molar-refractivity contribution < 1.29 is 31.9 Å². The second kappa shape index (κ2) is 9.49. The maximum atomic E-state index is 15.2. The maximum Gasteiger partial charge on any atom is 0.456 e. The van der Waals surface area contributed by atoms with Gasteiger partial charge in [0, 0.05) is 11.8 Å². The Labute approximate surface area is 236 Å². The number of hydrogen-bond donors (Lipinski definition) is 1. The Balaban J connectivity index is 1.43. The van der Waals surface area contributed by atoms with Gasteiger partial charge in [0.05, 0.1) is 11.6 Å². The summed E-state index contributed by atoms with van der Waals surface area (Å²) in [6.45, 7) is 1.45. The first kappa shape index (κ1) is 28.1. The fraction of sp³-hybridized carbons (Fsp3) is 0.515. The summed E-state index contributed by atoms with van der Waals surface area (Å²) in [5.41, 5.74) is -0.606. The van der Waals surface area contributed by atoms with Crippen LogP contribution < -0.4 is 0 Å². The third-order valence-corrected chi connectivity index (χ3v) is 11.0. The van der Waals surface area contributed by atoms with E-state index in [9.17, 15) is 23.1 Å². The zero-order chi connectivity index (χ0) is 29.4. The summed E-state index contributed by atoms with van der Waals surface area (Å²) in [6, 6.07) is 16.9. The van der Waals surface area contributed by atoms with Gasteiger partial charge in [0.25, 0.3) is 0 Å². The van der Waals surface area contributed by atoms with E-state index in [-0.39, 0.29) is 42.3 Å². The second-order valence-electron chi connectivity index (χ2n) is 12.7. The minimum atomic E-state index is -5.86. The van der Waals surface area contributed by atoms with Crippen LogP contribution in [0.25, 0.3) is 11.1 Å². The lowest BCUT2D eigenvalue weighted by Crippen LogP contribution is -2.66. The van der Waals surface area contributed by atoms with Gasteiger partial charge in [-0.3, -0.25) is 4.79 Å². The predicted octanol–water partition coefficient (Wildman–Crippen LogP) is 7.99. The summed E-state index contributed by atoms with van der Waals surface area (Å²) in [6.07, 6.45) is -2.31. The number of nitrogens with zero attached hydrogens (tertiary/aromatic N) is 1. The minimum absolute atomic E-state index is 0.00887. The Morgan fingerprint density at radius 3 is 2.15 bits per heavy atom. The lowest BCUT2D eigenvalue weighted by molar-refractivity contribution is -0.364. The highest BCUT2D eigenvalue weighted by molar-refractivity contribution is 5.91. The predicted molar refractivity (Wildman–Crippen MR) is 143 cm³/mol. The number of nitriles is 1. The summed E-state index contributed by atoms with van der Waals surface area (Å²) >= 11 is 0. The van der Waals surface area contributed by atoms with Crippen LogP contribution in [-0.2, 0) is 4.79 Å². The van der Waals surface area contributed by atoms with E-state index in [0.717, 1.165) is 22.3 Å². The van der Waals surface area contributed by atoms with E-state index in [4.69, 9.17) is 5.26 Å². The molecule has 0 bridgehead atoms. The van der Waals surface area contributed by atoms with Crippen LogP contribution in [0.1, 0.15) is 68.9 Å². The van der Waals surface area contributed by atoms with Gasteiger partial charge in [0.2, 0.25) is 0 Å². The second-order valence-corrected chi connectivity index (χ2v) is 12.7. The van der Waals surface area contributed by atoms with Gasteiger partial charge in [-0.1, -0.05) is 48.9 Å². The van der Waals surface area contributed by atoms with Crippen LogP contribution >= 0.6 is 0 Å². The van der Waals surface area contributed by atoms with Gasteiger partial charge < -0.3 is 5.11 Å². The van der Waals surface area contributed by atoms with Gasteiger partial charge in [-0.25, -0.2) is 0 Å². The largest absolute Gasteiger partial charge is 0.456 e. The summed E-state index contributed by atoms with van der Waals surface area (Å²) < 4.78 is 71.6. The van der Waals surface area contributed by atoms with Crippen molar-refractivity contribution in [3.05, 3.63) is 71.3 Å². The molecule has 4 aliphatic rings. The Morgan fingerprint density at radius 2 is 1.54 bits per heavy atom. The Bertz CT molecular complexity index is 1420. The topological polar surface area (TPSA) is 61.1 Å². The number of ketones is 1. The molecule has 0 aromatic heterocycles. The van der Waals surface area contributed by atoms with Crippen molar-refractivity contribution in [2.75, 3.05) is 0 Å². The summed E-state index contributed by atoms with van der Waals surface area (Å²) in [7, 11) is 0. The zero-order valence-electron chi connectivity index (χ0n) is 22.7. The van der Waals surface area contributed by atoms with E-state index in [0.29, 0.717) is 31.2 Å². The van der Waals surface area contributed by atoms with E-state index in [1.807, 2.05) is 36.4 Å². The Morgan fingerprint density at radius 1 is 0.902 bits per heavy atom. The van der Waals surface area contributed by atoms with Crippen molar-refractivity contribution in [1.82, 2.24) is 0 Å². The fourth-order valence-electron chi connectivity index (χ4n) is 9.06. The molecule has 0 radical (unpaired) electrons. The SMILES string of the molecule is C[C@]12C[C@H](c3ccc(-c4ccc(C#N)cc4)cc3)C3C4CCC(=O)C=C4CCC3C1CC[C@@]2(O)C(F)(F)C(F)(F)F. The highest BCUT2D eigenvalue weighted by atomic mass is 19.4. The van der Waals surface area contributed by atoms with E-state index < -0.39 is 35.5 Å². The van der Waals surface area contributed by atoms with Crippen LogP contribution in [0.2, 0.25) is 0 Å². The fourth-order valence-corrected chi connectivity index (χ4v) is 9.06. The highest BCUT2D eigenvalue weighted by Crippen LogP contribution is 2.71. The van der Waals surface area contributed by atoms with Crippen LogP contribution in [-0.4, -0.2) is 28.6 Å². The Hall–Kier alpha value is -3.05. The molecule has 1 N–H and O–H groups in total. The van der Waals surface area contributed by atoms with Gasteiger partial charge in [-0.2, -0.15) is 27.2 Å². The van der Waals surface area contributed by atoms with E-state index in [1.54, 1.807) is 18.2 Å². The molecule has 3 nitrogen and oxygen atoms in total. The van der Waals surface area contributed by atoms with E-state index in [1.165, 1.54) is 6.92 Å². The molecule has 0 heterocycles. The number of alkyl halides is 5. The first-order chi connectivity index (χ1) is 19.3. The molecule has 0 spiro atoms. The molecule has 8 heteroatoms. The van der Waals surface area contributed by atoms with Crippen molar-refractivity contribution >= 4 is 5.78 Å². The van der Waals surface area contributed by atoms with Crippen LogP contribution in [0.15, 0.2) is 60.2 Å². The number of allylic oxidation sites excluding steroid dienone is 1. The number of carbonyl (C=O) groups excluding carboxylic acids is 1. The number of benzene rings is 2. The average molecular weight is 570 g/mol. The summed E-state index contributed by atoms with van der Waals surface area (Å²) in [4.78, 5) is 12.2. The van der Waals surface area contributed by atoms with Crippen LogP contribution in [0.5, 0.6) is 0 Å². The molecule has 0 amide bonds. The first-order valence-corrected chi connectivity index (χ1v) is 14.3. The quantitative estimate of drug-likeness (QED) is 0.381.